The lowest BCUT2D eigenvalue weighted by molar-refractivity contribution is -0.139. The predicted molar refractivity (Wildman–Crippen MR) is 123 cm³/mol. The average Bonchev–Trinajstić information content (AvgIpc) is 2.77. The van der Waals surface area contributed by atoms with E-state index < -0.39 is 12.6 Å². The number of amides is 1. The summed E-state index contributed by atoms with van der Waals surface area (Å²) >= 11 is 0. The molecule has 3 aromatic rings. The van der Waals surface area contributed by atoms with Gasteiger partial charge < -0.3 is 25.6 Å². The van der Waals surface area contributed by atoms with Gasteiger partial charge in [0.2, 0.25) is 0 Å². The second kappa shape index (κ2) is 10.5. The van der Waals surface area contributed by atoms with Crippen molar-refractivity contribution in [3.63, 3.8) is 0 Å². The van der Waals surface area contributed by atoms with Crippen LogP contribution in [0.5, 0.6) is 11.5 Å². The third-order valence-electron chi connectivity index (χ3n) is 4.76. The number of nitrogens with one attached hydrogen (secondary N) is 1. The molecule has 0 radical (unpaired) electrons. The highest BCUT2D eigenvalue weighted by molar-refractivity contribution is 6.05. The van der Waals surface area contributed by atoms with Gasteiger partial charge in [-0.15, -0.1) is 0 Å². The molecule has 3 rings (SSSR count). The van der Waals surface area contributed by atoms with Gasteiger partial charge in [0.15, 0.2) is 6.61 Å². The monoisotopic (exact) mass is 434 g/mol. The normalized spacial score (nSPS) is 10.5. The van der Waals surface area contributed by atoms with E-state index >= 15 is 0 Å². The van der Waals surface area contributed by atoms with Gasteiger partial charge >= 0.3 is 5.97 Å². The maximum absolute atomic E-state index is 12.9. The lowest BCUT2D eigenvalue weighted by Gasteiger charge is -2.14. The van der Waals surface area contributed by atoms with Crippen LogP contribution in [0.2, 0.25) is 0 Å². The molecule has 0 bridgehead atoms. The van der Waals surface area contributed by atoms with Crippen molar-refractivity contribution in [2.45, 2.75) is 13.8 Å². The molecule has 0 saturated carbocycles. The van der Waals surface area contributed by atoms with E-state index in [-0.39, 0.29) is 5.91 Å². The number of hydrogen-bond donors (Lipinski definition) is 3. The summed E-state index contributed by atoms with van der Waals surface area (Å²) in [5.74, 6) is -0.0929. The Labute approximate surface area is 186 Å². The van der Waals surface area contributed by atoms with E-state index in [2.05, 4.69) is 5.32 Å². The number of hydrogen-bond acceptors (Lipinski definition) is 5. The van der Waals surface area contributed by atoms with Crippen LogP contribution in [0.3, 0.4) is 0 Å². The Morgan fingerprint density at radius 2 is 1.69 bits per heavy atom. The van der Waals surface area contributed by atoms with E-state index in [1.165, 1.54) is 0 Å². The predicted octanol–water partition coefficient (Wildman–Crippen LogP) is 4.02. The van der Waals surface area contributed by atoms with Crippen LogP contribution in [0.25, 0.3) is 11.1 Å². The van der Waals surface area contributed by atoms with Crippen molar-refractivity contribution in [2.75, 3.05) is 25.1 Å². The topological polar surface area (TPSA) is 111 Å². The fourth-order valence-electron chi connectivity index (χ4n) is 3.41. The molecule has 7 nitrogen and oxygen atoms in total. The van der Waals surface area contributed by atoms with Crippen LogP contribution in [0.1, 0.15) is 21.5 Å². The molecule has 7 heteroatoms. The van der Waals surface area contributed by atoms with Crippen molar-refractivity contribution in [1.82, 2.24) is 0 Å². The minimum atomic E-state index is -1.05. The van der Waals surface area contributed by atoms with Gasteiger partial charge in [-0.1, -0.05) is 30.3 Å². The Bertz CT molecular complexity index is 1100. The molecule has 0 atom stereocenters. The quantitative estimate of drug-likeness (QED) is 0.469. The molecule has 3 aromatic carbocycles. The molecule has 0 aliphatic rings. The lowest BCUT2D eigenvalue weighted by Crippen LogP contribution is -2.14. The van der Waals surface area contributed by atoms with Crippen LogP contribution in [-0.4, -0.2) is 36.7 Å². The summed E-state index contributed by atoms with van der Waals surface area (Å²) in [5, 5.41) is 11.8. The Morgan fingerprint density at radius 3 is 2.38 bits per heavy atom. The van der Waals surface area contributed by atoms with E-state index in [4.69, 9.17) is 20.3 Å². The van der Waals surface area contributed by atoms with Crippen molar-refractivity contribution >= 4 is 17.6 Å². The summed E-state index contributed by atoms with van der Waals surface area (Å²) in [6.45, 7) is 4.19. The fourth-order valence-corrected chi connectivity index (χ4v) is 3.41. The summed E-state index contributed by atoms with van der Waals surface area (Å²) < 4.78 is 11.1. The Morgan fingerprint density at radius 1 is 0.969 bits per heavy atom. The minimum absolute atomic E-state index is 0.242. The zero-order valence-corrected chi connectivity index (χ0v) is 18.1. The van der Waals surface area contributed by atoms with Gasteiger partial charge in [-0.3, -0.25) is 4.79 Å². The highest BCUT2D eigenvalue weighted by Crippen LogP contribution is 2.32. The summed E-state index contributed by atoms with van der Waals surface area (Å²) in [5.41, 5.74) is 9.90. The van der Waals surface area contributed by atoms with Gasteiger partial charge in [0, 0.05) is 23.4 Å². The number of carboxylic acids is 1. The number of carbonyl (C=O) groups excluding carboxylic acids is 1. The van der Waals surface area contributed by atoms with Gasteiger partial charge in [0.1, 0.15) is 18.1 Å². The smallest absolute Gasteiger partial charge is 0.341 e. The Hall–Kier alpha value is -3.84. The van der Waals surface area contributed by atoms with Gasteiger partial charge in [-0.05, 0) is 60.9 Å². The van der Waals surface area contributed by atoms with Crippen LogP contribution >= 0.6 is 0 Å². The van der Waals surface area contributed by atoms with Crippen molar-refractivity contribution in [3.8, 4) is 22.6 Å². The van der Waals surface area contributed by atoms with Crippen LogP contribution in [-0.2, 0) is 4.79 Å². The summed E-state index contributed by atoms with van der Waals surface area (Å²) in [4.78, 5) is 23.7. The number of ether oxygens (including phenoxy) is 2. The maximum Gasteiger partial charge on any atom is 0.341 e. The highest BCUT2D eigenvalue weighted by Gasteiger charge is 2.13. The Kier molecular flexibility index (Phi) is 7.46. The molecule has 0 spiro atoms. The van der Waals surface area contributed by atoms with Crippen LogP contribution < -0.4 is 20.5 Å². The molecular formula is C25H26N2O5. The number of para-hydroxylation sites is 1. The zero-order valence-electron chi connectivity index (χ0n) is 18.1. The molecule has 0 aromatic heterocycles. The van der Waals surface area contributed by atoms with Crippen molar-refractivity contribution in [2.24, 2.45) is 5.73 Å². The lowest BCUT2D eigenvalue weighted by atomic mass is 10.0. The number of rotatable bonds is 9. The number of benzene rings is 3. The SMILES string of the molecule is Cc1cc(C(=O)Nc2cccc(-c3ccccc3OCC(=O)O)c2)cc(C)c1OCCN. The summed E-state index contributed by atoms with van der Waals surface area (Å²) in [6, 6.07) is 18.0. The van der Waals surface area contributed by atoms with Gasteiger partial charge in [0.25, 0.3) is 5.91 Å². The van der Waals surface area contributed by atoms with E-state index in [0.717, 1.165) is 28.0 Å². The van der Waals surface area contributed by atoms with Gasteiger partial charge in [0.05, 0.1) is 0 Å². The summed E-state index contributed by atoms with van der Waals surface area (Å²) in [6.07, 6.45) is 0. The second-order valence-corrected chi connectivity index (χ2v) is 7.29. The van der Waals surface area contributed by atoms with Crippen LogP contribution in [0.15, 0.2) is 60.7 Å². The molecule has 0 heterocycles. The number of anilines is 1. The van der Waals surface area contributed by atoms with E-state index in [1.54, 1.807) is 30.3 Å². The van der Waals surface area contributed by atoms with E-state index in [9.17, 15) is 9.59 Å². The molecule has 0 saturated heterocycles. The van der Waals surface area contributed by atoms with E-state index in [0.29, 0.717) is 30.2 Å². The average molecular weight is 434 g/mol. The number of aryl methyl sites for hydroxylation is 2. The number of nitrogens with two attached hydrogens (primary N) is 1. The first kappa shape index (κ1) is 22.8. The molecule has 0 aliphatic carbocycles. The molecule has 166 valence electrons. The van der Waals surface area contributed by atoms with E-state index in [1.807, 2.05) is 44.2 Å². The molecule has 0 fully saturated rings. The first-order valence-corrected chi connectivity index (χ1v) is 10.2. The largest absolute Gasteiger partial charge is 0.492 e. The van der Waals surface area contributed by atoms with Crippen molar-refractivity contribution in [3.05, 3.63) is 77.4 Å². The summed E-state index contributed by atoms with van der Waals surface area (Å²) in [7, 11) is 0. The third kappa shape index (κ3) is 5.65. The molecule has 1 amide bonds. The highest BCUT2D eigenvalue weighted by atomic mass is 16.5. The van der Waals surface area contributed by atoms with Gasteiger partial charge in [-0.2, -0.15) is 0 Å². The zero-order chi connectivity index (χ0) is 23.1. The number of carbonyl (C=O) groups is 2. The third-order valence-corrected chi connectivity index (χ3v) is 4.76. The molecule has 32 heavy (non-hydrogen) atoms. The second-order valence-electron chi connectivity index (χ2n) is 7.29. The van der Waals surface area contributed by atoms with Crippen LogP contribution in [0.4, 0.5) is 5.69 Å². The van der Waals surface area contributed by atoms with Crippen LogP contribution in [0, 0.1) is 13.8 Å². The van der Waals surface area contributed by atoms with Gasteiger partial charge in [-0.25, -0.2) is 4.79 Å². The molecule has 0 unspecified atom stereocenters. The van der Waals surface area contributed by atoms with Crippen molar-refractivity contribution < 1.29 is 24.2 Å². The molecular weight excluding hydrogens is 408 g/mol. The number of aliphatic carboxylic acids is 1. The standard InChI is InChI=1S/C25H26N2O5/c1-16-12-19(13-17(2)24(16)31-11-10-26)25(30)27-20-7-5-6-18(14-20)21-8-3-4-9-22(21)32-15-23(28)29/h3-9,12-14H,10-11,15,26H2,1-2H3,(H,27,30)(H,28,29). The Balaban J connectivity index is 1.81. The first-order chi connectivity index (χ1) is 15.4. The molecule has 0 aliphatic heterocycles. The number of carboxylic acid groups (broad SMARTS) is 1. The fraction of sp³-hybridized carbons (Fsp3) is 0.200. The maximum atomic E-state index is 12.9. The molecule has 4 N–H and O–H groups in total. The minimum Gasteiger partial charge on any atom is -0.492 e. The van der Waals surface area contributed by atoms with Crippen molar-refractivity contribution in [1.29, 1.82) is 0 Å². The first-order valence-electron chi connectivity index (χ1n) is 10.2.